The van der Waals surface area contributed by atoms with Gasteiger partial charge < -0.3 is 15.5 Å². The van der Waals surface area contributed by atoms with Crippen molar-refractivity contribution < 1.29 is 15.0 Å². The van der Waals surface area contributed by atoms with E-state index in [2.05, 4.69) is 5.32 Å². The Bertz CT molecular complexity index is 581. The van der Waals surface area contributed by atoms with Crippen LogP contribution in [0.15, 0.2) is 48.5 Å². The highest BCUT2D eigenvalue weighted by Crippen LogP contribution is 2.14. The molecule has 0 aliphatic heterocycles. The second-order valence-corrected chi connectivity index (χ2v) is 4.25. The lowest BCUT2D eigenvalue weighted by Crippen LogP contribution is -2.14. The molecule has 0 atom stereocenters. The summed E-state index contributed by atoms with van der Waals surface area (Å²) in [7, 11) is 0. The molecule has 0 radical (unpaired) electrons. The van der Waals surface area contributed by atoms with Crippen LogP contribution < -0.4 is 5.32 Å². The number of carbonyl (C=O) groups excluding carboxylic acids is 1. The van der Waals surface area contributed by atoms with Gasteiger partial charge in [-0.15, -0.1) is 0 Å². The first-order valence-electron chi connectivity index (χ1n) is 5.95. The highest BCUT2D eigenvalue weighted by atomic mass is 16.3. The van der Waals surface area contributed by atoms with Gasteiger partial charge >= 0.3 is 0 Å². The Morgan fingerprint density at radius 3 is 2.53 bits per heavy atom. The zero-order valence-corrected chi connectivity index (χ0v) is 10.3. The molecule has 0 spiro atoms. The van der Waals surface area contributed by atoms with E-state index in [1.54, 1.807) is 48.5 Å². The molecule has 19 heavy (non-hydrogen) atoms. The lowest BCUT2D eigenvalue weighted by molar-refractivity contribution is -0.115. The molecule has 1 amide bonds. The largest absolute Gasteiger partial charge is 0.508 e. The van der Waals surface area contributed by atoms with Gasteiger partial charge in [0.15, 0.2) is 0 Å². The van der Waals surface area contributed by atoms with Gasteiger partial charge in [-0.2, -0.15) is 0 Å². The van der Waals surface area contributed by atoms with Crippen molar-refractivity contribution in [1.82, 2.24) is 0 Å². The Morgan fingerprint density at radius 1 is 1.05 bits per heavy atom. The maximum Gasteiger partial charge on any atom is 0.228 e. The summed E-state index contributed by atoms with van der Waals surface area (Å²) >= 11 is 0. The summed E-state index contributed by atoms with van der Waals surface area (Å²) in [6.07, 6.45) is 0.192. The number of anilines is 1. The Hall–Kier alpha value is -2.33. The lowest BCUT2D eigenvalue weighted by Gasteiger charge is -2.07. The smallest absolute Gasteiger partial charge is 0.228 e. The number of rotatable bonds is 4. The van der Waals surface area contributed by atoms with Crippen LogP contribution in [0.5, 0.6) is 5.75 Å². The number of nitrogens with one attached hydrogen (secondary N) is 1. The molecule has 0 heterocycles. The first-order valence-corrected chi connectivity index (χ1v) is 5.95. The maximum absolute atomic E-state index is 11.8. The average Bonchev–Trinajstić information content (AvgIpc) is 2.38. The number of phenolic OH excluding ortho intramolecular Hbond substituents is 1. The average molecular weight is 257 g/mol. The fourth-order valence-electron chi connectivity index (χ4n) is 1.80. The molecule has 0 saturated heterocycles. The summed E-state index contributed by atoms with van der Waals surface area (Å²) in [5, 5.41) is 21.1. The topological polar surface area (TPSA) is 69.6 Å². The fourth-order valence-corrected chi connectivity index (χ4v) is 1.80. The number of phenols is 1. The number of hydrogen-bond donors (Lipinski definition) is 3. The molecule has 2 rings (SSSR count). The van der Waals surface area contributed by atoms with Crippen LogP contribution in [0.3, 0.4) is 0 Å². The molecular weight excluding hydrogens is 242 g/mol. The van der Waals surface area contributed by atoms with E-state index in [1.807, 2.05) is 0 Å². The third-order valence-corrected chi connectivity index (χ3v) is 2.67. The van der Waals surface area contributed by atoms with Crippen LogP contribution in [0.4, 0.5) is 5.69 Å². The molecule has 0 saturated carbocycles. The molecule has 98 valence electrons. The molecule has 0 aliphatic carbocycles. The van der Waals surface area contributed by atoms with Crippen molar-refractivity contribution in [2.75, 3.05) is 5.32 Å². The molecule has 0 aliphatic rings. The number of benzene rings is 2. The molecule has 4 heteroatoms. The molecule has 0 fully saturated rings. The Morgan fingerprint density at radius 2 is 1.79 bits per heavy atom. The van der Waals surface area contributed by atoms with Crippen LogP contribution in [-0.4, -0.2) is 16.1 Å². The van der Waals surface area contributed by atoms with E-state index >= 15 is 0 Å². The van der Waals surface area contributed by atoms with Crippen LogP contribution in [0.25, 0.3) is 0 Å². The van der Waals surface area contributed by atoms with E-state index in [4.69, 9.17) is 5.11 Å². The minimum atomic E-state index is -0.166. The monoisotopic (exact) mass is 257 g/mol. The van der Waals surface area contributed by atoms with Gasteiger partial charge in [-0.25, -0.2) is 0 Å². The molecular formula is C15H15NO3. The molecule has 2 aromatic rings. The minimum Gasteiger partial charge on any atom is -0.508 e. The van der Waals surface area contributed by atoms with E-state index in [0.717, 1.165) is 11.1 Å². The Labute approximate surface area is 111 Å². The molecule has 0 bridgehead atoms. The van der Waals surface area contributed by atoms with Gasteiger partial charge in [-0.1, -0.05) is 24.3 Å². The third-order valence-electron chi connectivity index (χ3n) is 2.67. The van der Waals surface area contributed by atoms with E-state index < -0.39 is 0 Å². The molecule has 0 unspecified atom stereocenters. The standard InChI is InChI=1S/C15H15NO3/c17-10-12-4-1-5-13(7-12)16-15(19)9-11-3-2-6-14(18)8-11/h1-8,17-18H,9-10H2,(H,16,19). The van der Waals surface area contributed by atoms with Gasteiger partial charge in [-0.3, -0.25) is 4.79 Å². The summed E-state index contributed by atoms with van der Waals surface area (Å²) in [4.78, 5) is 11.8. The SMILES string of the molecule is O=C(Cc1cccc(O)c1)Nc1cccc(CO)c1. The van der Waals surface area contributed by atoms with Crippen molar-refractivity contribution in [3.63, 3.8) is 0 Å². The number of amides is 1. The van der Waals surface area contributed by atoms with Crippen molar-refractivity contribution in [3.8, 4) is 5.75 Å². The Kier molecular flexibility index (Phi) is 4.15. The zero-order chi connectivity index (χ0) is 13.7. The maximum atomic E-state index is 11.8. The summed E-state index contributed by atoms with van der Waals surface area (Å²) < 4.78 is 0. The molecule has 4 nitrogen and oxygen atoms in total. The van der Waals surface area contributed by atoms with Gasteiger partial charge in [0.2, 0.25) is 5.91 Å². The summed E-state index contributed by atoms with van der Waals surface area (Å²) in [6, 6.07) is 13.6. The lowest BCUT2D eigenvalue weighted by atomic mass is 10.1. The van der Waals surface area contributed by atoms with Gasteiger partial charge in [0.1, 0.15) is 5.75 Å². The highest BCUT2D eigenvalue weighted by molar-refractivity contribution is 5.92. The zero-order valence-electron chi connectivity index (χ0n) is 10.3. The van der Waals surface area contributed by atoms with Crippen LogP contribution in [-0.2, 0) is 17.8 Å². The second kappa shape index (κ2) is 6.02. The number of aliphatic hydroxyl groups is 1. The predicted octanol–water partition coefficient (Wildman–Crippen LogP) is 2.07. The third kappa shape index (κ3) is 3.82. The van der Waals surface area contributed by atoms with E-state index in [1.165, 1.54) is 0 Å². The van der Waals surface area contributed by atoms with Gasteiger partial charge in [0.05, 0.1) is 13.0 Å². The number of hydrogen-bond acceptors (Lipinski definition) is 3. The summed E-state index contributed by atoms with van der Waals surface area (Å²) in [5.74, 6) is -0.0201. The first-order chi connectivity index (χ1) is 9.17. The summed E-state index contributed by atoms with van der Waals surface area (Å²) in [5.41, 5.74) is 2.14. The first kappa shape index (κ1) is 13.1. The van der Waals surface area contributed by atoms with Crippen LogP contribution in [0.2, 0.25) is 0 Å². The van der Waals surface area contributed by atoms with E-state index in [-0.39, 0.29) is 24.7 Å². The highest BCUT2D eigenvalue weighted by Gasteiger charge is 2.05. The second-order valence-electron chi connectivity index (χ2n) is 4.25. The van der Waals surface area contributed by atoms with Crippen molar-refractivity contribution in [1.29, 1.82) is 0 Å². The van der Waals surface area contributed by atoms with Crippen molar-refractivity contribution >= 4 is 11.6 Å². The minimum absolute atomic E-state index is 0.0593. The van der Waals surface area contributed by atoms with Crippen molar-refractivity contribution in [2.24, 2.45) is 0 Å². The molecule has 2 aromatic carbocycles. The normalized spacial score (nSPS) is 10.2. The van der Waals surface area contributed by atoms with Crippen molar-refractivity contribution in [3.05, 3.63) is 59.7 Å². The number of carbonyl (C=O) groups is 1. The number of aromatic hydroxyl groups is 1. The Balaban J connectivity index is 2.01. The van der Waals surface area contributed by atoms with E-state index in [0.29, 0.717) is 5.69 Å². The van der Waals surface area contributed by atoms with E-state index in [9.17, 15) is 9.90 Å². The summed E-state index contributed by atoms with van der Waals surface area (Å²) in [6.45, 7) is -0.0593. The van der Waals surface area contributed by atoms with Gasteiger partial charge in [0, 0.05) is 5.69 Å². The molecule has 3 N–H and O–H groups in total. The predicted molar refractivity (Wildman–Crippen MR) is 72.8 cm³/mol. The molecule has 0 aromatic heterocycles. The number of aliphatic hydroxyl groups excluding tert-OH is 1. The quantitative estimate of drug-likeness (QED) is 0.785. The van der Waals surface area contributed by atoms with Crippen LogP contribution in [0, 0.1) is 0 Å². The van der Waals surface area contributed by atoms with Gasteiger partial charge in [0.25, 0.3) is 0 Å². The fraction of sp³-hybridized carbons (Fsp3) is 0.133. The van der Waals surface area contributed by atoms with Crippen molar-refractivity contribution in [2.45, 2.75) is 13.0 Å². The van der Waals surface area contributed by atoms with Crippen LogP contribution in [0.1, 0.15) is 11.1 Å². The van der Waals surface area contributed by atoms with Crippen LogP contribution >= 0.6 is 0 Å². The van der Waals surface area contributed by atoms with Gasteiger partial charge in [-0.05, 0) is 35.4 Å².